The third-order valence-corrected chi connectivity index (χ3v) is 4.52. The zero-order valence-corrected chi connectivity index (χ0v) is 18.3. The Balaban J connectivity index is 0.00000261. The second-order valence-corrected chi connectivity index (χ2v) is 6.46. The van der Waals surface area contributed by atoms with Crippen LogP contribution in [-0.4, -0.2) is 40.5 Å². The Morgan fingerprint density at radius 3 is 2.85 bits per heavy atom. The van der Waals surface area contributed by atoms with Crippen LogP contribution in [0.2, 0.25) is 0 Å². The number of nitrogens with one attached hydrogen (secondary N) is 2. The molecule has 7 heteroatoms. The summed E-state index contributed by atoms with van der Waals surface area (Å²) in [6, 6.07) is 8.99. The number of fused-ring (bicyclic) bond motifs is 1. The second kappa shape index (κ2) is 9.77. The van der Waals surface area contributed by atoms with E-state index in [1.165, 1.54) is 11.8 Å². The maximum absolute atomic E-state index is 13.5. The topological polar surface area (TPSA) is 48.4 Å². The van der Waals surface area contributed by atoms with E-state index < -0.39 is 0 Å². The molecule has 0 fully saturated rings. The van der Waals surface area contributed by atoms with Crippen LogP contribution < -0.4 is 5.32 Å². The molecule has 0 aliphatic heterocycles. The summed E-state index contributed by atoms with van der Waals surface area (Å²) in [6.07, 6.45) is 4.75. The minimum absolute atomic E-state index is 0. The quantitative estimate of drug-likeness (QED) is 0.318. The normalized spacial score (nSPS) is 11.5. The second-order valence-electron chi connectivity index (χ2n) is 6.46. The molecular formula is C20H27FIN5. The zero-order chi connectivity index (χ0) is 18.5. The van der Waals surface area contributed by atoms with E-state index in [1.54, 1.807) is 12.1 Å². The van der Waals surface area contributed by atoms with Gasteiger partial charge >= 0.3 is 0 Å². The van der Waals surface area contributed by atoms with Crippen molar-refractivity contribution in [3.8, 4) is 0 Å². The third-order valence-electron chi connectivity index (χ3n) is 4.52. The number of aliphatic imine (C=N–C) groups is 1. The van der Waals surface area contributed by atoms with Crippen molar-refractivity contribution in [1.29, 1.82) is 0 Å². The molecule has 0 unspecified atom stereocenters. The average Bonchev–Trinajstić information content (AvgIpc) is 3.20. The van der Waals surface area contributed by atoms with Crippen LogP contribution in [-0.2, 0) is 20.0 Å². The zero-order valence-electron chi connectivity index (χ0n) is 16.0. The molecule has 0 saturated carbocycles. The summed E-state index contributed by atoms with van der Waals surface area (Å²) in [6.45, 7) is 4.31. The maximum atomic E-state index is 13.5. The third kappa shape index (κ3) is 5.24. The van der Waals surface area contributed by atoms with Gasteiger partial charge in [0, 0.05) is 56.2 Å². The summed E-state index contributed by atoms with van der Waals surface area (Å²) < 4.78 is 15.6. The molecule has 0 bridgehead atoms. The molecule has 0 spiro atoms. The summed E-state index contributed by atoms with van der Waals surface area (Å²) in [5.74, 6) is 0.664. The van der Waals surface area contributed by atoms with E-state index in [4.69, 9.17) is 4.99 Å². The maximum Gasteiger partial charge on any atom is 0.194 e. The molecular weight excluding hydrogens is 456 g/mol. The lowest BCUT2D eigenvalue weighted by atomic mass is 10.1. The minimum Gasteiger partial charge on any atom is -0.361 e. The average molecular weight is 483 g/mol. The molecule has 27 heavy (non-hydrogen) atoms. The van der Waals surface area contributed by atoms with Crippen molar-refractivity contribution >= 4 is 40.8 Å². The fraction of sp³-hybridized carbons (Fsp3) is 0.350. The van der Waals surface area contributed by atoms with Crippen molar-refractivity contribution in [2.75, 3.05) is 20.1 Å². The van der Waals surface area contributed by atoms with Crippen molar-refractivity contribution in [3.05, 3.63) is 59.8 Å². The van der Waals surface area contributed by atoms with Crippen LogP contribution in [0.1, 0.15) is 18.2 Å². The first kappa shape index (κ1) is 21.3. The van der Waals surface area contributed by atoms with Gasteiger partial charge < -0.3 is 19.8 Å². The van der Waals surface area contributed by atoms with Crippen molar-refractivity contribution in [1.82, 2.24) is 19.8 Å². The molecule has 3 aromatic rings. The van der Waals surface area contributed by atoms with Gasteiger partial charge in [-0.1, -0.05) is 0 Å². The van der Waals surface area contributed by atoms with E-state index in [1.807, 2.05) is 32.6 Å². The number of guanidine groups is 1. The van der Waals surface area contributed by atoms with Gasteiger partial charge in [0.05, 0.1) is 6.54 Å². The van der Waals surface area contributed by atoms with Gasteiger partial charge in [-0.05, 0) is 49.2 Å². The van der Waals surface area contributed by atoms with Crippen LogP contribution in [0, 0.1) is 5.82 Å². The summed E-state index contributed by atoms with van der Waals surface area (Å²) in [5, 5.41) is 4.27. The van der Waals surface area contributed by atoms with Crippen LogP contribution in [0.15, 0.2) is 47.7 Å². The number of hydrogen-bond acceptors (Lipinski definition) is 1. The molecule has 3 rings (SSSR count). The minimum atomic E-state index is -0.211. The van der Waals surface area contributed by atoms with Gasteiger partial charge in [0.15, 0.2) is 5.96 Å². The van der Waals surface area contributed by atoms with E-state index >= 15 is 0 Å². The number of hydrogen-bond donors (Lipinski definition) is 2. The first-order valence-electron chi connectivity index (χ1n) is 8.93. The van der Waals surface area contributed by atoms with Crippen LogP contribution in [0.5, 0.6) is 0 Å². The lowest BCUT2D eigenvalue weighted by Gasteiger charge is -2.22. The lowest BCUT2D eigenvalue weighted by Crippen LogP contribution is -2.39. The van der Waals surface area contributed by atoms with Crippen molar-refractivity contribution in [3.63, 3.8) is 0 Å². The Morgan fingerprint density at radius 1 is 1.33 bits per heavy atom. The van der Waals surface area contributed by atoms with Crippen LogP contribution in [0.3, 0.4) is 0 Å². The molecule has 146 valence electrons. The summed E-state index contributed by atoms with van der Waals surface area (Å²) >= 11 is 0. The Hall–Kier alpha value is -2.03. The first-order chi connectivity index (χ1) is 12.6. The summed E-state index contributed by atoms with van der Waals surface area (Å²) in [7, 11) is 4.08. The molecule has 2 heterocycles. The number of aryl methyl sites for hydroxylation is 1. The molecule has 0 atom stereocenters. The Morgan fingerprint density at radius 2 is 2.15 bits per heavy atom. The van der Waals surface area contributed by atoms with Gasteiger partial charge in [-0.25, -0.2) is 4.39 Å². The number of rotatable bonds is 6. The number of nitrogens with zero attached hydrogens (tertiary/aromatic N) is 3. The largest absolute Gasteiger partial charge is 0.361 e. The van der Waals surface area contributed by atoms with Gasteiger partial charge in [-0.3, -0.25) is 4.99 Å². The highest BCUT2D eigenvalue weighted by Crippen LogP contribution is 2.19. The SMILES string of the molecule is CCNC(=NCCc1c[nH]c2ccc(F)cc12)N(C)Cc1cccn1C.I. The van der Waals surface area contributed by atoms with Crippen molar-refractivity contribution < 1.29 is 4.39 Å². The Labute approximate surface area is 176 Å². The number of H-pyrrole nitrogens is 1. The van der Waals surface area contributed by atoms with E-state index in [0.29, 0.717) is 6.54 Å². The number of aromatic nitrogens is 2. The molecule has 0 aliphatic carbocycles. The molecule has 0 radical (unpaired) electrons. The van der Waals surface area contributed by atoms with Gasteiger partial charge in [0.25, 0.3) is 0 Å². The number of halogens is 2. The standard InChI is InChI=1S/C20H26FN5.HI/c1-4-22-20(26(3)14-17-6-5-11-25(17)2)23-10-9-15-13-24-19-8-7-16(21)12-18(15)19;/h5-8,11-13,24H,4,9-10,14H2,1-3H3,(H,22,23);1H. The molecule has 1 aromatic carbocycles. The summed E-state index contributed by atoms with van der Waals surface area (Å²) in [5.41, 5.74) is 3.27. The monoisotopic (exact) mass is 483 g/mol. The number of benzene rings is 1. The van der Waals surface area contributed by atoms with E-state index in [-0.39, 0.29) is 29.8 Å². The molecule has 0 saturated heterocycles. The van der Waals surface area contributed by atoms with Gasteiger partial charge in [0.2, 0.25) is 0 Å². The number of aromatic amines is 1. The van der Waals surface area contributed by atoms with Gasteiger partial charge in [0.1, 0.15) is 5.82 Å². The fourth-order valence-electron chi connectivity index (χ4n) is 3.09. The predicted molar refractivity (Wildman–Crippen MR) is 120 cm³/mol. The van der Waals surface area contributed by atoms with Crippen LogP contribution in [0.25, 0.3) is 10.9 Å². The molecule has 0 amide bonds. The van der Waals surface area contributed by atoms with E-state index in [2.05, 4.69) is 32.8 Å². The smallest absolute Gasteiger partial charge is 0.194 e. The van der Waals surface area contributed by atoms with Crippen molar-refractivity contribution in [2.45, 2.75) is 19.9 Å². The highest BCUT2D eigenvalue weighted by molar-refractivity contribution is 14.0. The highest BCUT2D eigenvalue weighted by atomic mass is 127. The van der Waals surface area contributed by atoms with E-state index in [9.17, 15) is 4.39 Å². The first-order valence-corrected chi connectivity index (χ1v) is 8.93. The van der Waals surface area contributed by atoms with Gasteiger partial charge in [-0.15, -0.1) is 24.0 Å². The molecule has 5 nitrogen and oxygen atoms in total. The highest BCUT2D eigenvalue weighted by Gasteiger charge is 2.09. The van der Waals surface area contributed by atoms with Crippen LogP contribution in [0.4, 0.5) is 4.39 Å². The molecule has 0 aliphatic rings. The van der Waals surface area contributed by atoms with Crippen LogP contribution >= 0.6 is 24.0 Å². The van der Waals surface area contributed by atoms with Crippen molar-refractivity contribution in [2.24, 2.45) is 12.0 Å². The molecule has 2 aromatic heterocycles. The lowest BCUT2D eigenvalue weighted by molar-refractivity contribution is 0.462. The summed E-state index contributed by atoms with van der Waals surface area (Å²) in [4.78, 5) is 10.1. The van der Waals surface area contributed by atoms with E-state index in [0.717, 1.165) is 41.9 Å². The fourth-order valence-corrected chi connectivity index (χ4v) is 3.09. The van der Waals surface area contributed by atoms with Gasteiger partial charge in [-0.2, -0.15) is 0 Å². The Bertz CT molecular complexity index is 899. The Kier molecular flexibility index (Phi) is 7.70. The predicted octanol–water partition coefficient (Wildman–Crippen LogP) is 3.90. The molecule has 2 N–H and O–H groups in total.